The fourth-order valence-electron chi connectivity index (χ4n) is 1.19. The van der Waals surface area contributed by atoms with Gasteiger partial charge in [0.25, 0.3) is 0 Å². The lowest BCUT2D eigenvalue weighted by Crippen LogP contribution is -2.13. The van der Waals surface area contributed by atoms with Crippen LogP contribution in [0.4, 0.5) is 5.95 Å². The molecule has 0 atom stereocenters. The van der Waals surface area contributed by atoms with Crippen molar-refractivity contribution >= 4 is 5.95 Å². The lowest BCUT2D eigenvalue weighted by atomic mass is 10.1. The van der Waals surface area contributed by atoms with Crippen LogP contribution in [-0.2, 0) is 11.8 Å². The van der Waals surface area contributed by atoms with E-state index in [2.05, 4.69) is 24.1 Å². The van der Waals surface area contributed by atoms with Gasteiger partial charge in [-0.05, 0) is 12.3 Å². The Morgan fingerprint density at radius 3 is 2.87 bits per heavy atom. The third kappa shape index (κ3) is 4.83. The molecule has 1 aromatic heterocycles. The number of ether oxygens (including phenoxy) is 1. The predicted molar refractivity (Wildman–Crippen MR) is 62.0 cm³/mol. The van der Waals surface area contributed by atoms with Crippen molar-refractivity contribution < 1.29 is 4.74 Å². The molecule has 86 valence electrons. The second kappa shape index (κ2) is 6.45. The van der Waals surface area contributed by atoms with Gasteiger partial charge in [-0.1, -0.05) is 13.8 Å². The molecule has 0 bridgehead atoms. The minimum Gasteiger partial charge on any atom is -0.380 e. The lowest BCUT2D eigenvalue weighted by Gasteiger charge is -2.08. The Hall–Kier alpha value is -1.03. The van der Waals surface area contributed by atoms with Gasteiger partial charge < -0.3 is 14.6 Å². The number of hydrogen-bond acceptors (Lipinski definition) is 3. The first-order chi connectivity index (χ1) is 7.20. The molecule has 0 aliphatic heterocycles. The van der Waals surface area contributed by atoms with E-state index in [1.54, 1.807) is 6.20 Å². The average molecular weight is 211 g/mol. The Labute approximate surface area is 91.7 Å². The Bertz CT molecular complexity index is 271. The highest BCUT2D eigenvalue weighted by Crippen LogP contribution is 2.00. The highest BCUT2D eigenvalue weighted by molar-refractivity contribution is 5.24. The van der Waals surface area contributed by atoms with Crippen LogP contribution in [0.1, 0.15) is 20.3 Å². The molecule has 0 aromatic carbocycles. The third-order valence-electron chi connectivity index (χ3n) is 2.19. The summed E-state index contributed by atoms with van der Waals surface area (Å²) in [7, 11) is 1.97. The lowest BCUT2D eigenvalue weighted by molar-refractivity contribution is 0.132. The highest BCUT2D eigenvalue weighted by Gasteiger charge is 1.97. The molecule has 0 fully saturated rings. The molecule has 0 amide bonds. The number of imidazole rings is 1. The van der Waals surface area contributed by atoms with E-state index >= 15 is 0 Å². The molecule has 0 unspecified atom stereocenters. The van der Waals surface area contributed by atoms with Crippen molar-refractivity contribution in [1.82, 2.24) is 9.55 Å². The molecule has 1 heterocycles. The van der Waals surface area contributed by atoms with Crippen LogP contribution in [0.25, 0.3) is 0 Å². The topological polar surface area (TPSA) is 39.1 Å². The van der Waals surface area contributed by atoms with Crippen LogP contribution >= 0.6 is 0 Å². The van der Waals surface area contributed by atoms with E-state index in [-0.39, 0.29) is 0 Å². The standard InChI is InChI=1S/C11H21N3O/c1-10(2)4-8-15-9-6-13-11-12-5-7-14(11)3/h5,7,10H,4,6,8-9H2,1-3H3,(H,12,13). The van der Waals surface area contributed by atoms with Crippen LogP contribution in [0.5, 0.6) is 0 Å². The summed E-state index contributed by atoms with van der Waals surface area (Å²) < 4.78 is 7.44. The zero-order valence-corrected chi connectivity index (χ0v) is 9.86. The monoisotopic (exact) mass is 211 g/mol. The maximum Gasteiger partial charge on any atom is 0.202 e. The number of rotatable bonds is 7. The average Bonchev–Trinajstić information content (AvgIpc) is 2.57. The van der Waals surface area contributed by atoms with Crippen LogP contribution in [0.3, 0.4) is 0 Å². The van der Waals surface area contributed by atoms with Gasteiger partial charge in [0.2, 0.25) is 5.95 Å². The minimum atomic E-state index is 0.715. The van der Waals surface area contributed by atoms with Gasteiger partial charge in [-0.2, -0.15) is 0 Å². The summed E-state index contributed by atoms with van der Waals surface area (Å²) in [6.07, 6.45) is 4.83. The van der Waals surface area contributed by atoms with Crippen molar-refractivity contribution in [2.45, 2.75) is 20.3 Å². The molecule has 0 radical (unpaired) electrons. The van der Waals surface area contributed by atoms with E-state index < -0.39 is 0 Å². The van der Waals surface area contributed by atoms with Gasteiger partial charge in [-0.15, -0.1) is 0 Å². The van der Waals surface area contributed by atoms with Crippen LogP contribution in [0.2, 0.25) is 0 Å². The predicted octanol–water partition coefficient (Wildman–Crippen LogP) is 1.89. The molecule has 4 heteroatoms. The number of hydrogen-bond donors (Lipinski definition) is 1. The van der Waals surface area contributed by atoms with Gasteiger partial charge in [0, 0.05) is 32.6 Å². The van der Waals surface area contributed by atoms with Gasteiger partial charge in [0.1, 0.15) is 0 Å². The second-order valence-electron chi connectivity index (χ2n) is 4.08. The van der Waals surface area contributed by atoms with E-state index in [1.807, 2.05) is 17.8 Å². The Morgan fingerprint density at radius 1 is 1.47 bits per heavy atom. The largest absolute Gasteiger partial charge is 0.380 e. The van der Waals surface area contributed by atoms with Crippen molar-refractivity contribution in [2.24, 2.45) is 13.0 Å². The molecule has 0 saturated carbocycles. The Morgan fingerprint density at radius 2 is 2.27 bits per heavy atom. The fourth-order valence-corrected chi connectivity index (χ4v) is 1.19. The minimum absolute atomic E-state index is 0.715. The molecular formula is C11H21N3O. The van der Waals surface area contributed by atoms with Crippen molar-refractivity contribution in [3.05, 3.63) is 12.4 Å². The first-order valence-corrected chi connectivity index (χ1v) is 5.49. The zero-order valence-electron chi connectivity index (χ0n) is 9.86. The number of aromatic nitrogens is 2. The second-order valence-corrected chi connectivity index (χ2v) is 4.08. The van der Waals surface area contributed by atoms with Gasteiger partial charge in [0.05, 0.1) is 6.61 Å². The maximum absolute atomic E-state index is 5.48. The molecule has 4 nitrogen and oxygen atoms in total. The first kappa shape index (κ1) is 12.0. The van der Waals surface area contributed by atoms with E-state index in [0.29, 0.717) is 5.92 Å². The summed E-state index contributed by atoms with van der Waals surface area (Å²) in [5, 5.41) is 3.21. The molecule has 0 aliphatic carbocycles. The molecule has 1 N–H and O–H groups in total. The van der Waals surface area contributed by atoms with Crippen molar-refractivity contribution in [3.63, 3.8) is 0 Å². The molecule has 1 rings (SSSR count). The molecule has 15 heavy (non-hydrogen) atoms. The van der Waals surface area contributed by atoms with Crippen LogP contribution in [0.15, 0.2) is 12.4 Å². The smallest absolute Gasteiger partial charge is 0.202 e. The molecular weight excluding hydrogens is 190 g/mol. The van der Waals surface area contributed by atoms with Gasteiger partial charge in [-0.25, -0.2) is 4.98 Å². The molecule has 0 aliphatic rings. The Kier molecular flexibility index (Phi) is 5.18. The zero-order chi connectivity index (χ0) is 11.1. The Balaban J connectivity index is 2.00. The molecule has 0 saturated heterocycles. The van der Waals surface area contributed by atoms with Crippen molar-refractivity contribution in [3.8, 4) is 0 Å². The third-order valence-corrected chi connectivity index (χ3v) is 2.19. The normalized spacial score (nSPS) is 10.9. The fraction of sp³-hybridized carbons (Fsp3) is 0.727. The van der Waals surface area contributed by atoms with Crippen LogP contribution < -0.4 is 5.32 Å². The van der Waals surface area contributed by atoms with Crippen LogP contribution in [0, 0.1) is 5.92 Å². The van der Waals surface area contributed by atoms with E-state index in [1.165, 1.54) is 0 Å². The first-order valence-electron chi connectivity index (χ1n) is 5.49. The van der Waals surface area contributed by atoms with Gasteiger partial charge in [0.15, 0.2) is 0 Å². The van der Waals surface area contributed by atoms with Crippen molar-refractivity contribution in [1.29, 1.82) is 0 Å². The summed E-state index contributed by atoms with van der Waals surface area (Å²) in [6, 6.07) is 0. The van der Waals surface area contributed by atoms with E-state index in [0.717, 1.165) is 32.1 Å². The summed E-state index contributed by atoms with van der Waals surface area (Å²) in [6.45, 7) is 6.80. The van der Waals surface area contributed by atoms with Crippen molar-refractivity contribution in [2.75, 3.05) is 25.1 Å². The summed E-state index contributed by atoms with van der Waals surface area (Å²) in [5.41, 5.74) is 0. The SMILES string of the molecule is CC(C)CCOCCNc1nccn1C. The summed E-state index contributed by atoms with van der Waals surface area (Å²) in [4.78, 5) is 4.16. The highest BCUT2D eigenvalue weighted by atomic mass is 16.5. The van der Waals surface area contributed by atoms with E-state index in [9.17, 15) is 0 Å². The molecule has 0 spiro atoms. The molecule has 1 aromatic rings. The number of nitrogens with one attached hydrogen (secondary N) is 1. The summed E-state index contributed by atoms with van der Waals surface area (Å²) in [5.74, 6) is 1.61. The number of nitrogens with zero attached hydrogens (tertiary/aromatic N) is 2. The maximum atomic E-state index is 5.48. The van der Waals surface area contributed by atoms with E-state index in [4.69, 9.17) is 4.74 Å². The van der Waals surface area contributed by atoms with Gasteiger partial charge >= 0.3 is 0 Å². The number of anilines is 1. The van der Waals surface area contributed by atoms with Gasteiger partial charge in [-0.3, -0.25) is 0 Å². The number of aryl methyl sites for hydroxylation is 1. The quantitative estimate of drug-likeness (QED) is 0.700. The van der Waals surface area contributed by atoms with Crippen LogP contribution in [-0.4, -0.2) is 29.3 Å². The summed E-state index contributed by atoms with van der Waals surface area (Å²) >= 11 is 0.